The largest absolute Gasteiger partial charge is 0.516 e. The maximum Gasteiger partial charge on any atom is 0.0780 e. The SMILES string of the molecule is CC(=CO)CCC[C@@H](C)[C@H]1CC[C@H]2C3=C(CC[C@]12C)[C@@]1(C)CCCCC1CC3. The Bertz CT molecular complexity index is 643. The molecule has 4 aliphatic carbocycles. The number of aliphatic hydroxyl groups is 1. The first-order valence-corrected chi connectivity index (χ1v) is 12.4. The molecule has 0 saturated heterocycles. The molecule has 0 bridgehead atoms. The van der Waals surface area contributed by atoms with E-state index in [-0.39, 0.29) is 0 Å². The van der Waals surface area contributed by atoms with Crippen molar-refractivity contribution in [3.05, 3.63) is 23.0 Å². The van der Waals surface area contributed by atoms with E-state index >= 15 is 0 Å². The number of fused-ring (bicyclic) bond motifs is 4. The molecule has 1 N–H and O–H groups in total. The fraction of sp³-hybridized carbons (Fsp3) is 0.852. The Morgan fingerprint density at radius 1 is 1.11 bits per heavy atom. The molecule has 0 spiro atoms. The summed E-state index contributed by atoms with van der Waals surface area (Å²) in [5.41, 5.74) is 6.17. The van der Waals surface area contributed by atoms with Crippen LogP contribution in [0.5, 0.6) is 0 Å². The predicted molar refractivity (Wildman–Crippen MR) is 119 cm³/mol. The molecule has 1 nitrogen and oxygen atoms in total. The summed E-state index contributed by atoms with van der Waals surface area (Å²) in [5, 5.41) is 9.15. The van der Waals surface area contributed by atoms with Crippen LogP contribution < -0.4 is 0 Å². The van der Waals surface area contributed by atoms with Gasteiger partial charge in [-0.3, -0.25) is 0 Å². The Morgan fingerprint density at radius 3 is 2.71 bits per heavy atom. The van der Waals surface area contributed by atoms with E-state index in [1.165, 1.54) is 83.3 Å². The molecule has 0 aromatic heterocycles. The average molecular weight is 385 g/mol. The molecule has 0 aromatic rings. The summed E-state index contributed by atoms with van der Waals surface area (Å²) in [6, 6.07) is 0. The summed E-state index contributed by atoms with van der Waals surface area (Å²) in [6.07, 6.45) is 19.5. The van der Waals surface area contributed by atoms with Crippen molar-refractivity contribution >= 4 is 0 Å². The molecule has 158 valence electrons. The Balaban J connectivity index is 1.50. The van der Waals surface area contributed by atoms with Crippen LogP contribution in [0.4, 0.5) is 0 Å². The van der Waals surface area contributed by atoms with Crippen molar-refractivity contribution in [2.75, 3.05) is 0 Å². The van der Waals surface area contributed by atoms with Crippen molar-refractivity contribution in [3.8, 4) is 0 Å². The van der Waals surface area contributed by atoms with Crippen molar-refractivity contribution in [3.63, 3.8) is 0 Å². The summed E-state index contributed by atoms with van der Waals surface area (Å²) in [5.74, 6) is 3.61. The van der Waals surface area contributed by atoms with Crippen molar-refractivity contribution in [1.82, 2.24) is 0 Å². The fourth-order valence-electron chi connectivity index (χ4n) is 8.44. The van der Waals surface area contributed by atoms with Crippen LogP contribution in [0.15, 0.2) is 23.0 Å². The molecular weight excluding hydrogens is 340 g/mol. The standard InChI is InChI=1S/C27H44O/c1-19(18-28)8-7-9-20(2)23-13-14-24-22-12-11-21-10-5-6-16-26(21,3)25(22)15-17-27(23,24)4/h18,20-21,23-24,28H,5-17H2,1-4H3/t20-,21?,23-,24+,26+,27-/m1/s1. The highest BCUT2D eigenvalue weighted by Gasteiger charge is 2.55. The number of hydrogen-bond donors (Lipinski definition) is 1. The average Bonchev–Trinajstić information content (AvgIpc) is 3.04. The number of allylic oxidation sites excluding steroid dienone is 3. The lowest BCUT2D eigenvalue weighted by molar-refractivity contribution is 0.0662. The minimum Gasteiger partial charge on any atom is -0.516 e. The van der Waals surface area contributed by atoms with Crippen molar-refractivity contribution in [2.24, 2.45) is 34.5 Å². The second-order valence-corrected chi connectivity index (χ2v) is 11.5. The third kappa shape index (κ3) is 3.29. The molecule has 0 radical (unpaired) electrons. The topological polar surface area (TPSA) is 20.2 Å². The fourth-order valence-corrected chi connectivity index (χ4v) is 8.44. The smallest absolute Gasteiger partial charge is 0.0780 e. The van der Waals surface area contributed by atoms with Crippen LogP contribution in [0.25, 0.3) is 0 Å². The predicted octanol–water partition coefficient (Wildman–Crippen LogP) is 8.37. The molecule has 6 atom stereocenters. The van der Waals surface area contributed by atoms with Gasteiger partial charge in [-0.05, 0) is 111 Å². The van der Waals surface area contributed by atoms with Crippen LogP contribution in [0.1, 0.15) is 111 Å². The molecule has 4 aliphatic rings. The third-order valence-electron chi connectivity index (χ3n) is 10.1. The first kappa shape index (κ1) is 20.5. The summed E-state index contributed by atoms with van der Waals surface area (Å²) < 4.78 is 0. The van der Waals surface area contributed by atoms with Gasteiger partial charge in [0.25, 0.3) is 0 Å². The number of aliphatic hydroxyl groups excluding tert-OH is 1. The summed E-state index contributed by atoms with van der Waals surface area (Å²) in [6.45, 7) is 9.90. The van der Waals surface area contributed by atoms with Crippen LogP contribution in [-0.4, -0.2) is 5.11 Å². The van der Waals surface area contributed by atoms with Gasteiger partial charge in [-0.15, -0.1) is 0 Å². The first-order valence-electron chi connectivity index (χ1n) is 12.4. The number of hydrogen-bond acceptors (Lipinski definition) is 1. The summed E-state index contributed by atoms with van der Waals surface area (Å²) >= 11 is 0. The van der Waals surface area contributed by atoms with Gasteiger partial charge in [0, 0.05) is 0 Å². The van der Waals surface area contributed by atoms with Gasteiger partial charge in [0.1, 0.15) is 0 Å². The van der Waals surface area contributed by atoms with E-state index in [1.54, 1.807) is 0 Å². The highest BCUT2D eigenvalue weighted by atomic mass is 16.2. The van der Waals surface area contributed by atoms with Gasteiger partial charge in [0.05, 0.1) is 6.26 Å². The minimum absolute atomic E-state index is 0.554. The molecule has 1 unspecified atom stereocenters. The van der Waals surface area contributed by atoms with E-state index < -0.39 is 0 Å². The van der Waals surface area contributed by atoms with Gasteiger partial charge in [0.2, 0.25) is 0 Å². The van der Waals surface area contributed by atoms with Crippen LogP contribution in [0.2, 0.25) is 0 Å². The maximum absolute atomic E-state index is 9.15. The van der Waals surface area contributed by atoms with E-state index in [1.807, 2.05) is 11.1 Å². The molecule has 4 rings (SSSR count). The maximum atomic E-state index is 9.15. The zero-order valence-corrected chi connectivity index (χ0v) is 19.0. The highest BCUT2D eigenvalue weighted by Crippen LogP contribution is 2.65. The van der Waals surface area contributed by atoms with E-state index in [4.69, 9.17) is 5.11 Å². The quantitative estimate of drug-likeness (QED) is 0.373. The second-order valence-electron chi connectivity index (χ2n) is 11.5. The first-order chi connectivity index (χ1) is 13.4. The van der Waals surface area contributed by atoms with E-state index in [2.05, 4.69) is 27.7 Å². The monoisotopic (exact) mass is 384 g/mol. The van der Waals surface area contributed by atoms with Gasteiger partial charge in [-0.1, -0.05) is 51.2 Å². The lowest BCUT2D eigenvalue weighted by Crippen LogP contribution is -2.43. The van der Waals surface area contributed by atoms with Gasteiger partial charge < -0.3 is 5.11 Å². The lowest BCUT2D eigenvalue weighted by Gasteiger charge is -2.54. The van der Waals surface area contributed by atoms with Crippen LogP contribution in [0, 0.1) is 34.5 Å². The number of rotatable bonds is 5. The Morgan fingerprint density at radius 2 is 1.93 bits per heavy atom. The van der Waals surface area contributed by atoms with Crippen molar-refractivity contribution < 1.29 is 5.11 Å². The minimum atomic E-state index is 0.554. The van der Waals surface area contributed by atoms with E-state index in [0.29, 0.717) is 10.8 Å². The zero-order valence-electron chi connectivity index (χ0n) is 19.0. The summed E-state index contributed by atoms with van der Waals surface area (Å²) in [4.78, 5) is 0. The molecule has 2 fully saturated rings. The van der Waals surface area contributed by atoms with Crippen molar-refractivity contribution in [1.29, 1.82) is 0 Å². The Labute approximate surface area is 174 Å². The molecule has 0 amide bonds. The molecular formula is C27H44O. The molecule has 2 saturated carbocycles. The Kier molecular flexibility index (Phi) is 5.75. The van der Waals surface area contributed by atoms with Crippen molar-refractivity contribution in [2.45, 2.75) is 111 Å². The zero-order chi connectivity index (χ0) is 19.9. The van der Waals surface area contributed by atoms with Crippen LogP contribution in [0.3, 0.4) is 0 Å². The molecule has 0 heterocycles. The van der Waals surface area contributed by atoms with Crippen LogP contribution in [-0.2, 0) is 0 Å². The molecule has 0 aliphatic heterocycles. The second kappa shape index (κ2) is 7.84. The van der Waals surface area contributed by atoms with Gasteiger partial charge in [0.15, 0.2) is 0 Å². The van der Waals surface area contributed by atoms with Crippen LogP contribution >= 0.6 is 0 Å². The van der Waals surface area contributed by atoms with E-state index in [0.717, 1.165) is 35.7 Å². The van der Waals surface area contributed by atoms with Gasteiger partial charge >= 0.3 is 0 Å². The third-order valence-corrected chi connectivity index (χ3v) is 10.1. The molecule has 1 heteroatoms. The van der Waals surface area contributed by atoms with Gasteiger partial charge in [-0.2, -0.15) is 0 Å². The molecule has 0 aromatic carbocycles. The summed E-state index contributed by atoms with van der Waals surface area (Å²) in [7, 11) is 0. The normalized spacial score (nSPS) is 42.0. The highest BCUT2D eigenvalue weighted by molar-refractivity contribution is 5.34. The molecule has 28 heavy (non-hydrogen) atoms. The van der Waals surface area contributed by atoms with Gasteiger partial charge in [-0.25, -0.2) is 0 Å². The lowest BCUT2D eigenvalue weighted by atomic mass is 9.50. The van der Waals surface area contributed by atoms with E-state index in [9.17, 15) is 0 Å². The Hall–Kier alpha value is -0.720.